The Morgan fingerprint density at radius 1 is 1.09 bits per heavy atom. The molecule has 1 N–H and O–H groups in total. The largest absolute Gasteiger partial charge is 0.337 e. The van der Waals surface area contributed by atoms with Crippen molar-refractivity contribution in [2.75, 3.05) is 0 Å². The summed E-state index contributed by atoms with van der Waals surface area (Å²) in [6.07, 6.45) is 5.28. The van der Waals surface area contributed by atoms with Gasteiger partial charge in [-0.25, -0.2) is 0 Å². The maximum atomic E-state index is 5.28. The van der Waals surface area contributed by atoms with Crippen molar-refractivity contribution < 1.29 is 4.52 Å². The third-order valence-corrected chi connectivity index (χ3v) is 3.26. The van der Waals surface area contributed by atoms with E-state index in [1.54, 1.807) is 17.1 Å². The number of nitrogens with one attached hydrogen (secondary N) is 1. The molecule has 4 aromatic rings. The van der Waals surface area contributed by atoms with Crippen LogP contribution < -0.4 is 0 Å². The van der Waals surface area contributed by atoms with Crippen molar-refractivity contribution in [1.82, 2.24) is 30.1 Å². The molecule has 0 saturated heterocycles. The lowest BCUT2D eigenvalue weighted by atomic mass is 10.1. The van der Waals surface area contributed by atoms with Gasteiger partial charge in [-0.3, -0.25) is 9.78 Å². The third kappa shape index (κ3) is 2.39. The molecule has 0 aliphatic rings. The highest BCUT2D eigenvalue weighted by atomic mass is 16.5. The minimum atomic E-state index is 0.459. The van der Waals surface area contributed by atoms with Crippen LogP contribution in [-0.4, -0.2) is 30.1 Å². The molecule has 0 spiro atoms. The lowest BCUT2D eigenvalue weighted by Gasteiger charge is -1.99. The standard InChI is InChI=1S/C15H12N6O/c1-3-11(13-5-7-16-19-13)9-12(4-1)15-18-14(22-20-15)10-21-8-2-6-17-21/h1-9H,10H2,(H,16,19). The van der Waals surface area contributed by atoms with Crippen LogP contribution in [0.25, 0.3) is 22.6 Å². The van der Waals surface area contributed by atoms with Crippen LogP contribution in [0.15, 0.2) is 59.5 Å². The van der Waals surface area contributed by atoms with Crippen LogP contribution >= 0.6 is 0 Å². The Bertz CT molecular complexity index is 863. The number of rotatable bonds is 4. The quantitative estimate of drug-likeness (QED) is 0.624. The van der Waals surface area contributed by atoms with Gasteiger partial charge in [0.15, 0.2) is 0 Å². The highest BCUT2D eigenvalue weighted by Gasteiger charge is 2.10. The maximum absolute atomic E-state index is 5.28. The Morgan fingerprint density at radius 3 is 2.86 bits per heavy atom. The molecule has 4 rings (SSSR count). The SMILES string of the molecule is c1cc(-c2noc(Cn3cccn3)n2)cc(-c2ccn[nH]2)c1. The second kappa shape index (κ2) is 5.28. The molecule has 3 heterocycles. The van der Waals surface area contributed by atoms with Crippen LogP contribution in [-0.2, 0) is 6.54 Å². The average molecular weight is 292 g/mol. The molecule has 7 heteroatoms. The van der Waals surface area contributed by atoms with E-state index < -0.39 is 0 Å². The number of nitrogens with zero attached hydrogens (tertiary/aromatic N) is 5. The molecule has 0 radical (unpaired) electrons. The lowest BCUT2D eigenvalue weighted by Crippen LogP contribution is -1.99. The van der Waals surface area contributed by atoms with E-state index in [1.807, 2.05) is 42.6 Å². The normalized spacial score (nSPS) is 10.9. The summed E-state index contributed by atoms with van der Waals surface area (Å²) in [5.41, 5.74) is 2.86. The summed E-state index contributed by atoms with van der Waals surface area (Å²) < 4.78 is 7.02. The number of hydrogen-bond donors (Lipinski definition) is 1. The topological polar surface area (TPSA) is 85.4 Å². The number of hydrogen-bond acceptors (Lipinski definition) is 5. The van der Waals surface area contributed by atoms with Gasteiger partial charge in [-0.2, -0.15) is 15.2 Å². The predicted molar refractivity (Wildman–Crippen MR) is 78.6 cm³/mol. The summed E-state index contributed by atoms with van der Waals surface area (Å²) >= 11 is 0. The van der Waals surface area contributed by atoms with Gasteiger partial charge in [0.2, 0.25) is 11.7 Å². The summed E-state index contributed by atoms with van der Waals surface area (Å²) in [5, 5.41) is 15.1. The number of benzene rings is 1. The molecule has 0 fully saturated rings. The Labute approximate surface area is 125 Å². The number of aromatic nitrogens is 6. The smallest absolute Gasteiger partial charge is 0.248 e. The Hall–Kier alpha value is -3.22. The molecule has 0 amide bonds. The van der Waals surface area contributed by atoms with Crippen molar-refractivity contribution in [3.05, 3.63) is 60.9 Å². The van der Waals surface area contributed by atoms with Gasteiger partial charge in [0.1, 0.15) is 6.54 Å². The van der Waals surface area contributed by atoms with Gasteiger partial charge in [0.25, 0.3) is 0 Å². The summed E-state index contributed by atoms with van der Waals surface area (Å²) in [4.78, 5) is 4.41. The van der Waals surface area contributed by atoms with Gasteiger partial charge < -0.3 is 4.52 Å². The maximum Gasteiger partial charge on any atom is 0.248 e. The molecule has 0 saturated carbocycles. The van der Waals surface area contributed by atoms with Crippen molar-refractivity contribution in [3.8, 4) is 22.6 Å². The number of H-pyrrole nitrogens is 1. The van der Waals surface area contributed by atoms with Gasteiger partial charge in [-0.15, -0.1) is 0 Å². The van der Waals surface area contributed by atoms with Gasteiger partial charge in [0.05, 0.1) is 5.69 Å². The highest BCUT2D eigenvalue weighted by molar-refractivity contribution is 5.67. The monoisotopic (exact) mass is 292 g/mol. The molecule has 0 aliphatic heterocycles. The van der Waals surface area contributed by atoms with Crippen LogP contribution in [0.5, 0.6) is 0 Å². The van der Waals surface area contributed by atoms with E-state index in [-0.39, 0.29) is 0 Å². The molecule has 7 nitrogen and oxygen atoms in total. The first kappa shape index (κ1) is 12.5. The predicted octanol–water partition coefficient (Wildman–Crippen LogP) is 2.37. The van der Waals surface area contributed by atoms with Crippen molar-refractivity contribution in [1.29, 1.82) is 0 Å². The van der Waals surface area contributed by atoms with Gasteiger partial charge >= 0.3 is 0 Å². The fourth-order valence-corrected chi connectivity index (χ4v) is 2.21. The van der Waals surface area contributed by atoms with Crippen LogP contribution in [0.2, 0.25) is 0 Å². The fourth-order valence-electron chi connectivity index (χ4n) is 2.21. The Balaban J connectivity index is 1.62. The highest BCUT2D eigenvalue weighted by Crippen LogP contribution is 2.23. The van der Waals surface area contributed by atoms with Crippen molar-refractivity contribution in [2.24, 2.45) is 0 Å². The summed E-state index contributed by atoms with van der Waals surface area (Å²) in [7, 11) is 0. The summed E-state index contributed by atoms with van der Waals surface area (Å²) in [6, 6.07) is 11.7. The van der Waals surface area contributed by atoms with Crippen LogP contribution in [0.1, 0.15) is 5.89 Å². The summed E-state index contributed by atoms with van der Waals surface area (Å²) in [5.74, 6) is 1.08. The fraction of sp³-hybridized carbons (Fsp3) is 0.0667. The summed E-state index contributed by atoms with van der Waals surface area (Å²) in [6.45, 7) is 0.459. The minimum Gasteiger partial charge on any atom is -0.337 e. The van der Waals surface area contributed by atoms with E-state index in [4.69, 9.17) is 4.52 Å². The molecule has 22 heavy (non-hydrogen) atoms. The second-order valence-corrected chi connectivity index (χ2v) is 4.77. The molecule has 0 atom stereocenters. The van der Waals surface area contributed by atoms with Crippen LogP contribution in [0.3, 0.4) is 0 Å². The van der Waals surface area contributed by atoms with Crippen LogP contribution in [0, 0.1) is 0 Å². The molecule has 0 aliphatic carbocycles. The van der Waals surface area contributed by atoms with Gasteiger partial charge in [-0.1, -0.05) is 23.4 Å². The molecule has 0 bridgehead atoms. The first-order valence-electron chi connectivity index (χ1n) is 6.79. The lowest BCUT2D eigenvalue weighted by molar-refractivity contribution is 0.366. The number of aromatic amines is 1. The Kier molecular flexibility index (Phi) is 3.01. The van der Waals surface area contributed by atoms with E-state index in [1.165, 1.54) is 0 Å². The molecule has 1 aromatic carbocycles. The molecular weight excluding hydrogens is 280 g/mol. The van der Waals surface area contributed by atoms with Crippen LogP contribution in [0.4, 0.5) is 0 Å². The zero-order valence-electron chi connectivity index (χ0n) is 11.5. The molecule has 108 valence electrons. The van der Waals surface area contributed by atoms with Crippen molar-refractivity contribution >= 4 is 0 Å². The van der Waals surface area contributed by atoms with Crippen molar-refractivity contribution in [3.63, 3.8) is 0 Å². The second-order valence-electron chi connectivity index (χ2n) is 4.77. The van der Waals surface area contributed by atoms with E-state index in [9.17, 15) is 0 Å². The first-order chi connectivity index (χ1) is 10.9. The van der Waals surface area contributed by atoms with Gasteiger partial charge in [0, 0.05) is 29.7 Å². The van der Waals surface area contributed by atoms with E-state index >= 15 is 0 Å². The molecule has 0 unspecified atom stereocenters. The van der Waals surface area contributed by atoms with E-state index in [2.05, 4.69) is 25.4 Å². The third-order valence-electron chi connectivity index (χ3n) is 3.26. The van der Waals surface area contributed by atoms with Crippen molar-refractivity contribution in [2.45, 2.75) is 6.54 Å². The van der Waals surface area contributed by atoms with E-state index in [0.29, 0.717) is 18.3 Å². The minimum absolute atomic E-state index is 0.459. The zero-order valence-corrected chi connectivity index (χ0v) is 11.5. The Morgan fingerprint density at radius 2 is 2.05 bits per heavy atom. The van der Waals surface area contributed by atoms with Gasteiger partial charge in [-0.05, 0) is 18.2 Å². The van der Waals surface area contributed by atoms with E-state index in [0.717, 1.165) is 16.8 Å². The average Bonchev–Trinajstić information content (AvgIpc) is 3.31. The first-order valence-corrected chi connectivity index (χ1v) is 6.79. The molecule has 3 aromatic heterocycles. The zero-order chi connectivity index (χ0) is 14.8. The molecular formula is C15H12N6O.